The molecule has 0 spiro atoms. The summed E-state index contributed by atoms with van der Waals surface area (Å²) < 4.78 is 5.48. The van der Waals surface area contributed by atoms with Gasteiger partial charge in [-0.15, -0.1) is 0 Å². The molecule has 0 radical (unpaired) electrons. The summed E-state index contributed by atoms with van der Waals surface area (Å²) in [4.78, 5) is 0. The van der Waals surface area contributed by atoms with E-state index in [0.29, 0.717) is 11.5 Å². The zero-order valence-electron chi connectivity index (χ0n) is 11.1. The van der Waals surface area contributed by atoms with Crippen molar-refractivity contribution in [2.75, 3.05) is 31.3 Å². The molecule has 0 aromatic heterocycles. The third kappa shape index (κ3) is 5.07. The molecule has 96 valence electrons. The number of hydrogen-bond acceptors (Lipinski definition) is 3. The molecule has 0 saturated carbocycles. The van der Waals surface area contributed by atoms with Crippen LogP contribution in [-0.2, 0) is 4.74 Å². The van der Waals surface area contributed by atoms with Crippen LogP contribution in [0.2, 0.25) is 0 Å². The lowest BCUT2D eigenvalue weighted by molar-refractivity contribution is 0.129. The van der Waals surface area contributed by atoms with Gasteiger partial charge in [0.1, 0.15) is 0 Å². The van der Waals surface area contributed by atoms with Gasteiger partial charge in [0.15, 0.2) is 0 Å². The van der Waals surface area contributed by atoms with E-state index in [0.717, 1.165) is 32.6 Å². The summed E-state index contributed by atoms with van der Waals surface area (Å²) in [5, 5.41) is 3.69. The van der Waals surface area contributed by atoms with Gasteiger partial charge in [0.2, 0.25) is 0 Å². The molecule has 1 N–H and O–H groups in total. The van der Waals surface area contributed by atoms with E-state index in [1.165, 1.54) is 17.9 Å². The molecule has 0 aliphatic carbocycles. The van der Waals surface area contributed by atoms with Gasteiger partial charge >= 0.3 is 0 Å². The molecule has 2 nitrogen and oxygen atoms in total. The van der Waals surface area contributed by atoms with Crippen LogP contribution in [0.4, 0.5) is 0 Å². The van der Waals surface area contributed by atoms with E-state index in [2.05, 4.69) is 37.8 Å². The van der Waals surface area contributed by atoms with Gasteiger partial charge in [0, 0.05) is 25.0 Å². The van der Waals surface area contributed by atoms with E-state index < -0.39 is 0 Å². The van der Waals surface area contributed by atoms with Crippen LogP contribution in [0.15, 0.2) is 0 Å². The van der Waals surface area contributed by atoms with E-state index >= 15 is 0 Å². The first-order chi connectivity index (χ1) is 7.67. The molecular weight excluding hydrogens is 218 g/mol. The lowest BCUT2D eigenvalue weighted by atomic mass is 9.82. The molecule has 1 unspecified atom stereocenters. The maximum atomic E-state index is 5.48. The Morgan fingerprint density at radius 3 is 2.88 bits per heavy atom. The van der Waals surface area contributed by atoms with E-state index in [9.17, 15) is 0 Å². The zero-order chi connectivity index (χ0) is 11.9. The van der Waals surface area contributed by atoms with Gasteiger partial charge < -0.3 is 10.1 Å². The summed E-state index contributed by atoms with van der Waals surface area (Å²) in [5.74, 6) is 2.59. The molecule has 16 heavy (non-hydrogen) atoms. The van der Waals surface area contributed by atoms with Gasteiger partial charge in [-0.3, -0.25) is 0 Å². The molecule has 1 saturated heterocycles. The van der Waals surface area contributed by atoms with Crippen molar-refractivity contribution < 1.29 is 4.74 Å². The van der Waals surface area contributed by atoms with Crippen molar-refractivity contribution in [3.8, 4) is 0 Å². The predicted molar refractivity (Wildman–Crippen MR) is 73.2 cm³/mol. The first-order valence-electron chi connectivity index (χ1n) is 6.55. The fourth-order valence-electron chi connectivity index (χ4n) is 1.97. The Morgan fingerprint density at radius 1 is 1.38 bits per heavy atom. The number of rotatable bonds is 7. The van der Waals surface area contributed by atoms with Gasteiger partial charge in [0.05, 0.1) is 0 Å². The van der Waals surface area contributed by atoms with Gasteiger partial charge in [-0.05, 0) is 37.0 Å². The summed E-state index contributed by atoms with van der Waals surface area (Å²) in [6.45, 7) is 9.83. The number of thioether (sulfide) groups is 1. The fraction of sp³-hybridized carbons (Fsp3) is 1.00. The first kappa shape index (κ1) is 14.3. The van der Waals surface area contributed by atoms with Crippen molar-refractivity contribution >= 4 is 11.8 Å². The minimum Gasteiger partial charge on any atom is -0.381 e. The van der Waals surface area contributed by atoms with Crippen LogP contribution in [0.3, 0.4) is 0 Å². The minimum atomic E-state index is 0.468. The number of ether oxygens (including phenoxy) is 1. The summed E-state index contributed by atoms with van der Waals surface area (Å²) in [5.41, 5.74) is 0.468. The number of hydrogen-bond donors (Lipinski definition) is 1. The van der Waals surface area contributed by atoms with Crippen LogP contribution in [-0.4, -0.2) is 37.3 Å². The van der Waals surface area contributed by atoms with Gasteiger partial charge in [-0.1, -0.05) is 20.8 Å². The standard InChI is InChI=1S/C13H27NOS/c1-4-8-15-9-5-7-14-12-11-16-10-6-13(12,2)3/h12,14H,4-11H2,1-3H3. The normalized spacial score (nSPS) is 24.6. The second kappa shape index (κ2) is 7.57. The molecule has 0 aromatic rings. The van der Waals surface area contributed by atoms with E-state index in [4.69, 9.17) is 4.74 Å². The third-order valence-corrected chi connectivity index (χ3v) is 4.39. The third-order valence-electron chi connectivity index (χ3n) is 3.32. The van der Waals surface area contributed by atoms with E-state index in [1.807, 2.05) is 0 Å². The molecule has 1 aliphatic heterocycles. The molecular formula is C13H27NOS. The maximum absolute atomic E-state index is 5.48. The van der Waals surface area contributed by atoms with E-state index in [-0.39, 0.29) is 0 Å². The Morgan fingerprint density at radius 2 is 2.19 bits per heavy atom. The highest BCUT2D eigenvalue weighted by Crippen LogP contribution is 2.33. The van der Waals surface area contributed by atoms with Crippen molar-refractivity contribution in [3.05, 3.63) is 0 Å². The maximum Gasteiger partial charge on any atom is 0.0478 e. The zero-order valence-corrected chi connectivity index (χ0v) is 11.9. The van der Waals surface area contributed by atoms with Gasteiger partial charge in [0.25, 0.3) is 0 Å². The van der Waals surface area contributed by atoms with Crippen LogP contribution in [0.5, 0.6) is 0 Å². The molecule has 1 aliphatic rings. The molecule has 1 rings (SSSR count). The SMILES string of the molecule is CCCOCCCNC1CSCCC1(C)C. The Kier molecular flexibility index (Phi) is 6.78. The summed E-state index contributed by atoms with van der Waals surface area (Å²) in [6, 6.07) is 0.678. The second-order valence-corrected chi connectivity index (χ2v) is 6.44. The second-order valence-electron chi connectivity index (χ2n) is 5.29. The Hall–Kier alpha value is 0.270. The Bertz CT molecular complexity index is 185. The molecule has 1 heterocycles. The highest BCUT2D eigenvalue weighted by molar-refractivity contribution is 7.99. The Balaban J connectivity index is 2.07. The number of nitrogens with one attached hydrogen (secondary N) is 1. The van der Waals surface area contributed by atoms with Crippen molar-refractivity contribution in [1.29, 1.82) is 0 Å². The molecule has 1 fully saturated rings. The fourth-order valence-corrected chi connectivity index (χ4v) is 3.61. The van der Waals surface area contributed by atoms with Crippen molar-refractivity contribution in [1.82, 2.24) is 5.32 Å². The topological polar surface area (TPSA) is 21.3 Å². The highest BCUT2D eigenvalue weighted by Gasteiger charge is 2.31. The Labute approximate surface area is 105 Å². The molecule has 0 bridgehead atoms. The summed E-state index contributed by atoms with van der Waals surface area (Å²) in [7, 11) is 0. The van der Waals surface area contributed by atoms with Crippen LogP contribution in [0.25, 0.3) is 0 Å². The van der Waals surface area contributed by atoms with Gasteiger partial charge in [-0.2, -0.15) is 11.8 Å². The quantitative estimate of drug-likeness (QED) is 0.697. The van der Waals surface area contributed by atoms with Crippen LogP contribution >= 0.6 is 11.8 Å². The lowest BCUT2D eigenvalue weighted by Gasteiger charge is -2.38. The lowest BCUT2D eigenvalue weighted by Crippen LogP contribution is -2.47. The average molecular weight is 245 g/mol. The molecule has 3 heteroatoms. The molecule has 0 amide bonds. The highest BCUT2D eigenvalue weighted by atomic mass is 32.2. The van der Waals surface area contributed by atoms with Crippen molar-refractivity contribution in [3.63, 3.8) is 0 Å². The smallest absolute Gasteiger partial charge is 0.0478 e. The van der Waals surface area contributed by atoms with Crippen LogP contribution in [0, 0.1) is 5.41 Å². The minimum absolute atomic E-state index is 0.468. The van der Waals surface area contributed by atoms with Crippen molar-refractivity contribution in [2.45, 2.75) is 46.1 Å². The first-order valence-corrected chi connectivity index (χ1v) is 7.71. The van der Waals surface area contributed by atoms with E-state index in [1.54, 1.807) is 0 Å². The van der Waals surface area contributed by atoms with Crippen molar-refractivity contribution in [2.24, 2.45) is 5.41 Å². The largest absolute Gasteiger partial charge is 0.381 e. The van der Waals surface area contributed by atoms with Crippen LogP contribution in [0.1, 0.15) is 40.0 Å². The molecule has 0 aromatic carbocycles. The summed E-state index contributed by atoms with van der Waals surface area (Å²) >= 11 is 2.08. The summed E-state index contributed by atoms with van der Waals surface area (Å²) in [6.07, 6.45) is 3.60. The molecule has 1 atom stereocenters. The average Bonchev–Trinajstić information content (AvgIpc) is 2.25. The van der Waals surface area contributed by atoms with Gasteiger partial charge in [-0.25, -0.2) is 0 Å². The van der Waals surface area contributed by atoms with Crippen LogP contribution < -0.4 is 5.32 Å². The monoisotopic (exact) mass is 245 g/mol. The predicted octanol–water partition coefficient (Wildman–Crippen LogP) is 2.92.